The molecule has 0 aromatic carbocycles. The minimum Gasteiger partial charge on any atom is -0.0622 e. The lowest BCUT2D eigenvalue weighted by atomic mass is 9.79. The van der Waals surface area contributed by atoms with Gasteiger partial charge in [-0.25, -0.2) is 0 Å². The maximum atomic E-state index is 2.49. The molecular formula is C11H18. The molecule has 0 spiro atoms. The zero-order valence-corrected chi connectivity index (χ0v) is 7.42. The average Bonchev–Trinajstić information content (AvgIpc) is 2.60. The summed E-state index contributed by atoms with van der Waals surface area (Å²) < 4.78 is 0. The third-order valence-corrected chi connectivity index (χ3v) is 4.77. The minimum absolute atomic E-state index is 1.08. The summed E-state index contributed by atoms with van der Waals surface area (Å²) >= 11 is 0. The SMILES string of the molecule is C[C@@H]1CC[C@H]2C1[C@H]1CC[C@@H]2C1. The molecule has 3 aliphatic carbocycles. The van der Waals surface area contributed by atoms with Crippen molar-refractivity contribution < 1.29 is 0 Å². The quantitative estimate of drug-likeness (QED) is 0.498. The van der Waals surface area contributed by atoms with Crippen LogP contribution in [0.1, 0.15) is 39.0 Å². The van der Waals surface area contributed by atoms with Crippen molar-refractivity contribution in [1.29, 1.82) is 0 Å². The topological polar surface area (TPSA) is 0 Å². The van der Waals surface area contributed by atoms with Crippen molar-refractivity contribution in [3.05, 3.63) is 0 Å². The smallest absolute Gasteiger partial charge is 0.0329 e. The van der Waals surface area contributed by atoms with E-state index in [2.05, 4.69) is 6.92 Å². The fourth-order valence-corrected chi connectivity index (χ4v) is 4.42. The van der Waals surface area contributed by atoms with E-state index in [9.17, 15) is 0 Å². The summed E-state index contributed by atoms with van der Waals surface area (Å²) in [6, 6.07) is 0. The van der Waals surface area contributed by atoms with E-state index in [0.29, 0.717) is 0 Å². The van der Waals surface area contributed by atoms with Crippen LogP contribution in [0.3, 0.4) is 0 Å². The molecule has 0 aromatic rings. The van der Waals surface area contributed by atoms with Gasteiger partial charge < -0.3 is 0 Å². The number of hydrogen-bond donors (Lipinski definition) is 0. The van der Waals surface area contributed by atoms with Gasteiger partial charge in [0, 0.05) is 0 Å². The van der Waals surface area contributed by atoms with Gasteiger partial charge in [-0.3, -0.25) is 0 Å². The Kier molecular flexibility index (Phi) is 1.20. The van der Waals surface area contributed by atoms with Crippen LogP contribution >= 0.6 is 0 Å². The Balaban J connectivity index is 1.91. The molecule has 3 rings (SSSR count). The van der Waals surface area contributed by atoms with E-state index in [4.69, 9.17) is 0 Å². The summed E-state index contributed by atoms with van der Waals surface area (Å²) in [5.41, 5.74) is 0. The van der Waals surface area contributed by atoms with Crippen molar-refractivity contribution in [2.75, 3.05) is 0 Å². The molecule has 0 amide bonds. The highest BCUT2D eigenvalue weighted by molar-refractivity contribution is 5.01. The van der Waals surface area contributed by atoms with Crippen molar-refractivity contribution in [1.82, 2.24) is 0 Å². The lowest BCUT2D eigenvalue weighted by Gasteiger charge is -2.27. The van der Waals surface area contributed by atoms with Crippen molar-refractivity contribution in [3.8, 4) is 0 Å². The van der Waals surface area contributed by atoms with Gasteiger partial charge in [-0.05, 0) is 55.3 Å². The molecule has 0 heteroatoms. The summed E-state index contributed by atoms with van der Waals surface area (Å²) in [5.74, 6) is 5.78. The first-order valence-corrected chi connectivity index (χ1v) is 5.36. The molecule has 5 atom stereocenters. The fourth-order valence-electron chi connectivity index (χ4n) is 4.42. The third kappa shape index (κ3) is 0.711. The van der Waals surface area contributed by atoms with Gasteiger partial charge in [0.25, 0.3) is 0 Å². The van der Waals surface area contributed by atoms with Gasteiger partial charge in [0.1, 0.15) is 0 Å². The minimum atomic E-state index is 1.08. The summed E-state index contributed by atoms with van der Waals surface area (Å²) in [4.78, 5) is 0. The molecule has 3 saturated carbocycles. The van der Waals surface area contributed by atoms with Crippen LogP contribution in [0, 0.1) is 29.6 Å². The Morgan fingerprint density at radius 1 is 0.909 bits per heavy atom. The zero-order valence-electron chi connectivity index (χ0n) is 7.42. The van der Waals surface area contributed by atoms with Crippen molar-refractivity contribution >= 4 is 0 Å². The van der Waals surface area contributed by atoms with E-state index in [1.807, 2.05) is 0 Å². The van der Waals surface area contributed by atoms with Gasteiger partial charge in [0.2, 0.25) is 0 Å². The molecule has 0 aliphatic heterocycles. The van der Waals surface area contributed by atoms with Gasteiger partial charge >= 0.3 is 0 Å². The third-order valence-electron chi connectivity index (χ3n) is 4.77. The van der Waals surface area contributed by atoms with Crippen molar-refractivity contribution in [2.24, 2.45) is 29.6 Å². The molecular weight excluding hydrogens is 132 g/mol. The summed E-state index contributed by atoms with van der Waals surface area (Å²) in [6.45, 7) is 2.49. The molecule has 0 heterocycles. The highest BCUT2D eigenvalue weighted by Gasteiger charge is 2.51. The molecule has 0 N–H and O–H groups in total. The highest BCUT2D eigenvalue weighted by Crippen LogP contribution is 2.60. The second-order valence-electron chi connectivity index (χ2n) is 5.13. The fraction of sp³-hybridized carbons (Fsp3) is 1.00. The number of rotatable bonds is 0. The number of fused-ring (bicyclic) bond motifs is 5. The van der Waals surface area contributed by atoms with Gasteiger partial charge in [-0.2, -0.15) is 0 Å². The Bertz CT molecular complexity index is 173. The van der Waals surface area contributed by atoms with Crippen LogP contribution in [0.15, 0.2) is 0 Å². The number of hydrogen-bond acceptors (Lipinski definition) is 0. The zero-order chi connectivity index (χ0) is 7.42. The molecule has 2 bridgehead atoms. The molecule has 0 aromatic heterocycles. The molecule has 0 radical (unpaired) electrons. The largest absolute Gasteiger partial charge is 0.0622 e. The van der Waals surface area contributed by atoms with Gasteiger partial charge in [0.05, 0.1) is 0 Å². The summed E-state index contributed by atoms with van der Waals surface area (Å²) in [7, 11) is 0. The summed E-state index contributed by atoms with van der Waals surface area (Å²) in [6.07, 6.45) is 7.89. The van der Waals surface area contributed by atoms with Crippen LogP contribution in [0.4, 0.5) is 0 Å². The molecule has 0 nitrogen and oxygen atoms in total. The van der Waals surface area contributed by atoms with Gasteiger partial charge in [-0.15, -0.1) is 0 Å². The predicted molar refractivity (Wildman–Crippen MR) is 46.2 cm³/mol. The Morgan fingerprint density at radius 3 is 2.55 bits per heavy atom. The second kappa shape index (κ2) is 2.02. The molecule has 1 unspecified atom stereocenters. The molecule has 3 fully saturated rings. The highest BCUT2D eigenvalue weighted by atomic mass is 14.6. The van der Waals surface area contributed by atoms with Gasteiger partial charge in [0.15, 0.2) is 0 Å². The normalized spacial score (nSPS) is 60.3. The van der Waals surface area contributed by atoms with Crippen LogP contribution < -0.4 is 0 Å². The van der Waals surface area contributed by atoms with Crippen LogP contribution in [-0.2, 0) is 0 Å². The van der Waals surface area contributed by atoms with Crippen molar-refractivity contribution in [2.45, 2.75) is 39.0 Å². The first-order valence-electron chi connectivity index (χ1n) is 5.36. The Morgan fingerprint density at radius 2 is 1.73 bits per heavy atom. The maximum Gasteiger partial charge on any atom is -0.0329 e. The van der Waals surface area contributed by atoms with E-state index in [1.54, 1.807) is 32.1 Å². The second-order valence-corrected chi connectivity index (χ2v) is 5.13. The average molecular weight is 150 g/mol. The van der Waals surface area contributed by atoms with Crippen LogP contribution in [0.25, 0.3) is 0 Å². The molecule has 0 saturated heterocycles. The van der Waals surface area contributed by atoms with Crippen LogP contribution in [0.2, 0.25) is 0 Å². The van der Waals surface area contributed by atoms with E-state index in [1.165, 1.54) is 23.7 Å². The van der Waals surface area contributed by atoms with Crippen LogP contribution in [0.5, 0.6) is 0 Å². The van der Waals surface area contributed by atoms with Crippen LogP contribution in [-0.4, -0.2) is 0 Å². The first-order chi connectivity index (χ1) is 5.36. The monoisotopic (exact) mass is 150 g/mol. The maximum absolute atomic E-state index is 2.49. The first kappa shape index (κ1) is 6.51. The van der Waals surface area contributed by atoms with E-state index in [0.717, 1.165) is 5.92 Å². The van der Waals surface area contributed by atoms with Gasteiger partial charge in [-0.1, -0.05) is 13.3 Å². The van der Waals surface area contributed by atoms with E-state index in [-0.39, 0.29) is 0 Å². The van der Waals surface area contributed by atoms with Crippen molar-refractivity contribution in [3.63, 3.8) is 0 Å². The molecule has 11 heavy (non-hydrogen) atoms. The predicted octanol–water partition coefficient (Wildman–Crippen LogP) is 3.08. The lowest BCUT2D eigenvalue weighted by Crippen LogP contribution is -2.20. The molecule has 62 valence electrons. The lowest BCUT2D eigenvalue weighted by molar-refractivity contribution is 0.221. The molecule has 3 aliphatic rings. The summed E-state index contributed by atoms with van der Waals surface area (Å²) in [5, 5.41) is 0. The standard InChI is InChI=1S/C11H18/c1-7-2-5-10-8-3-4-9(6-8)11(7)10/h7-11H,2-6H2,1H3/t7-,8-,9+,10-,11?/m1/s1. The Hall–Kier alpha value is 0. The Labute approximate surface area is 69.4 Å². The van der Waals surface area contributed by atoms with E-state index >= 15 is 0 Å². The van der Waals surface area contributed by atoms with E-state index < -0.39 is 0 Å².